The molecule has 0 aromatic carbocycles. The van der Waals surface area contributed by atoms with Gasteiger partial charge in [-0.05, 0) is 38.7 Å². The zero-order valence-electron chi connectivity index (χ0n) is 19.1. The lowest BCUT2D eigenvalue weighted by molar-refractivity contribution is 0.157. The Labute approximate surface area is 198 Å². The van der Waals surface area contributed by atoms with Crippen LogP contribution < -0.4 is 15.4 Å². The van der Waals surface area contributed by atoms with Crippen LogP contribution in [0.3, 0.4) is 0 Å². The van der Waals surface area contributed by atoms with Gasteiger partial charge >= 0.3 is 0 Å². The molecule has 10 heteroatoms. The molecule has 2 heterocycles. The summed E-state index contributed by atoms with van der Waals surface area (Å²) in [5, 5.41) is 26.4. The molecule has 3 atom stereocenters. The van der Waals surface area contributed by atoms with E-state index in [1.807, 2.05) is 19.9 Å². The molecule has 4 N–H and O–H groups in total. The van der Waals surface area contributed by atoms with Gasteiger partial charge in [0.25, 0.3) is 0 Å². The first-order valence-corrected chi connectivity index (χ1v) is 11.3. The average molecular weight is 476 g/mol. The smallest absolute Gasteiger partial charge is 0.226 e. The maximum absolute atomic E-state index is 10.4. The molecule has 0 aliphatic heterocycles. The molecule has 9 nitrogen and oxygen atoms in total. The molecule has 0 radical (unpaired) electrons. The van der Waals surface area contributed by atoms with Crippen molar-refractivity contribution in [2.45, 2.75) is 38.8 Å². The second-order valence-electron chi connectivity index (χ2n) is 7.78. The second kappa shape index (κ2) is 12.0. The fourth-order valence-corrected chi connectivity index (χ4v) is 3.84. The maximum Gasteiger partial charge on any atom is 0.226 e. The molecule has 0 unspecified atom stereocenters. The van der Waals surface area contributed by atoms with Crippen molar-refractivity contribution >= 4 is 23.4 Å². The van der Waals surface area contributed by atoms with Crippen molar-refractivity contribution in [1.82, 2.24) is 15.0 Å². The SMILES string of the molecule is CCOc1ccc(C#Cc2c(Cl)nc(NCCOC)nc2N[C@@H]2C[C@H](CO)C[C@H]2O)c(C)n1. The molecule has 0 spiro atoms. The van der Waals surface area contributed by atoms with Crippen LogP contribution in [0.2, 0.25) is 5.15 Å². The third-order valence-electron chi connectivity index (χ3n) is 5.34. The normalized spacial score (nSPS) is 19.6. The highest BCUT2D eigenvalue weighted by Gasteiger charge is 2.33. The number of hydrogen-bond donors (Lipinski definition) is 4. The van der Waals surface area contributed by atoms with Gasteiger partial charge in [0.15, 0.2) is 5.15 Å². The predicted molar refractivity (Wildman–Crippen MR) is 127 cm³/mol. The van der Waals surface area contributed by atoms with Crippen LogP contribution in [0, 0.1) is 24.7 Å². The molecule has 0 amide bonds. The number of methoxy groups -OCH3 is 1. The van der Waals surface area contributed by atoms with Gasteiger partial charge in [-0.1, -0.05) is 23.4 Å². The van der Waals surface area contributed by atoms with Crippen LogP contribution in [0.15, 0.2) is 12.1 Å². The van der Waals surface area contributed by atoms with E-state index in [2.05, 4.69) is 37.4 Å². The van der Waals surface area contributed by atoms with Crippen LogP contribution in [0.1, 0.15) is 36.6 Å². The number of aromatic nitrogens is 3. The molecule has 178 valence electrons. The minimum Gasteiger partial charge on any atom is -0.478 e. The highest BCUT2D eigenvalue weighted by molar-refractivity contribution is 6.31. The number of hydrogen-bond acceptors (Lipinski definition) is 9. The van der Waals surface area contributed by atoms with E-state index in [0.29, 0.717) is 55.8 Å². The Balaban J connectivity index is 1.92. The number of nitrogens with zero attached hydrogens (tertiary/aromatic N) is 3. The molecule has 1 aliphatic carbocycles. The van der Waals surface area contributed by atoms with Crippen LogP contribution in [-0.4, -0.2) is 70.8 Å². The van der Waals surface area contributed by atoms with E-state index < -0.39 is 6.10 Å². The van der Waals surface area contributed by atoms with Crippen molar-refractivity contribution in [3.05, 3.63) is 34.1 Å². The minimum absolute atomic E-state index is 0.0280. The first kappa shape index (κ1) is 25.0. The number of pyridine rings is 1. The number of aliphatic hydroxyl groups excluding tert-OH is 2. The Bertz CT molecular complexity index is 1010. The second-order valence-corrected chi connectivity index (χ2v) is 8.14. The first-order valence-electron chi connectivity index (χ1n) is 10.9. The summed E-state index contributed by atoms with van der Waals surface area (Å²) in [6, 6.07) is 3.33. The Morgan fingerprint density at radius 2 is 2.03 bits per heavy atom. The lowest BCUT2D eigenvalue weighted by Crippen LogP contribution is -2.29. The lowest BCUT2D eigenvalue weighted by atomic mass is 10.1. The molecule has 1 saturated carbocycles. The van der Waals surface area contributed by atoms with Crippen molar-refractivity contribution in [2.75, 3.05) is 44.1 Å². The summed E-state index contributed by atoms with van der Waals surface area (Å²) < 4.78 is 10.5. The molecule has 2 aromatic heterocycles. The summed E-state index contributed by atoms with van der Waals surface area (Å²) in [5.74, 6) is 7.48. The Morgan fingerprint density at radius 1 is 1.21 bits per heavy atom. The molecule has 1 aliphatic rings. The van der Waals surface area contributed by atoms with Crippen molar-refractivity contribution in [1.29, 1.82) is 0 Å². The van der Waals surface area contributed by atoms with E-state index in [1.165, 1.54) is 0 Å². The number of anilines is 2. The van der Waals surface area contributed by atoms with Gasteiger partial charge in [0.2, 0.25) is 11.8 Å². The van der Waals surface area contributed by atoms with E-state index in [-0.39, 0.29) is 23.7 Å². The summed E-state index contributed by atoms with van der Waals surface area (Å²) in [6.07, 6.45) is 0.518. The van der Waals surface area contributed by atoms with Gasteiger partial charge in [0.05, 0.1) is 31.1 Å². The molecule has 2 aromatic rings. The fourth-order valence-electron chi connectivity index (χ4n) is 3.62. The molecule has 0 bridgehead atoms. The van der Waals surface area contributed by atoms with Crippen LogP contribution in [0.5, 0.6) is 5.88 Å². The van der Waals surface area contributed by atoms with Gasteiger partial charge in [-0.15, -0.1) is 0 Å². The summed E-state index contributed by atoms with van der Waals surface area (Å²) in [7, 11) is 1.61. The summed E-state index contributed by atoms with van der Waals surface area (Å²) in [4.78, 5) is 13.3. The van der Waals surface area contributed by atoms with Crippen molar-refractivity contribution in [3.63, 3.8) is 0 Å². The summed E-state index contributed by atoms with van der Waals surface area (Å²) in [6.45, 7) is 5.31. The van der Waals surface area contributed by atoms with Crippen LogP contribution in [0.4, 0.5) is 11.8 Å². The standard InChI is InChI=1S/C23H30ClN5O4/c1-4-33-20-8-6-16(14(2)26-20)5-7-17-21(24)28-23(25-9-10-32-3)29-22(17)27-18-11-15(13-30)12-19(18)31/h6,8,15,18-19,30-31H,4,9-13H2,1-3H3,(H2,25,27,28,29)/t15-,18+,19+/m0/s1. The molecular formula is C23H30ClN5O4. The topological polar surface area (TPSA) is 122 Å². The van der Waals surface area contributed by atoms with E-state index >= 15 is 0 Å². The molecule has 0 saturated heterocycles. The number of aliphatic hydroxyl groups is 2. The summed E-state index contributed by atoms with van der Waals surface area (Å²) in [5.41, 5.74) is 1.88. The monoisotopic (exact) mass is 475 g/mol. The minimum atomic E-state index is -0.612. The van der Waals surface area contributed by atoms with Crippen LogP contribution in [-0.2, 0) is 4.74 Å². The molecule has 33 heavy (non-hydrogen) atoms. The van der Waals surface area contributed by atoms with Gasteiger partial charge in [-0.25, -0.2) is 4.98 Å². The maximum atomic E-state index is 10.4. The average Bonchev–Trinajstić information content (AvgIpc) is 3.14. The number of halogens is 1. The van der Waals surface area contributed by atoms with E-state index in [4.69, 9.17) is 21.1 Å². The van der Waals surface area contributed by atoms with Crippen LogP contribution in [0.25, 0.3) is 0 Å². The van der Waals surface area contributed by atoms with Crippen molar-refractivity contribution < 1.29 is 19.7 Å². The Hall–Kier alpha value is -2.64. The predicted octanol–water partition coefficient (Wildman–Crippen LogP) is 2.23. The third-order valence-corrected chi connectivity index (χ3v) is 5.61. The van der Waals surface area contributed by atoms with Gasteiger partial charge in [0.1, 0.15) is 11.4 Å². The van der Waals surface area contributed by atoms with Crippen molar-refractivity contribution in [3.8, 4) is 17.7 Å². The Morgan fingerprint density at radius 3 is 2.70 bits per heavy atom. The van der Waals surface area contributed by atoms with Gasteiger partial charge in [0, 0.05) is 31.9 Å². The van der Waals surface area contributed by atoms with Crippen molar-refractivity contribution in [2.24, 2.45) is 5.92 Å². The number of ether oxygens (including phenoxy) is 2. The highest BCUT2D eigenvalue weighted by atomic mass is 35.5. The Kier molecular flexibility index (Phi) is 9.09. The largest absolute Gasteiger partial charge is 0.478 e. The van der Waals surface area contributed by atoms with Gasteiger partial charge in [-0.3, -0.25) is 0 Å². The molecule has 1 fully saturated rings. The molecular weight excluding hydrogens is 446 g/mol. The fraction of sp³-hybridized carbons (Fsp3) is 0.522. The number of nitrogens with one attached hydrogen (secondary N) is 2. The summed E-state index contributed by atoms with van der Waals surface area (Å²) >= 11 is 6.49. The lowest BCUT2D eigenvalue weighted by Gasteiger charge is -2.19. The van der Waals surface area contributed by atoms with E-state index in [1.54, 1.807) is 13.2 Å². The number of rotatable bonds is 9. The first-order chi connectivity index (χ1) is 15.9. The highest BCUT2D eigenvalue weighted by Crippen LogP contribution is 2.30. The number of aryl methyl sites for hydroxylation is 1. The van der Waals surface area contributed by atoms with Gasteiger partial charge < -0.3 is 30.3 Å². The van der Waals surface area contributed by atoms with Gasteiger partial charge in [-0.2, -0.15) is 9.97 Å². The van der Waals surface area contributed by atoms with E-state index in [0.717, 1.165) is 11.3 Å². The van der Waals surface area contributed by atoms with Crippen LogP contribution >= 0.6 is 11.6 Å². The quantitative estimate of drug-likeness (QED) is 0.245. The van der Waals surface area contributed by atoms with E-state index in [9.17, 15) is 10.2 Å². The third kappa shape index (κ3) is 6.68. The molecule has 3 rings (SSSR count). The zero-order chi connectivity index (χ0) is 23.8. The zero-order valence-corrected chi connectivity index (χ0v) is 19.8.